The monoisotopic (exact) mass is 290 g/mol. The van der Waals surface area contributed by atoms with E-state index in [-0.39, 0.29) is 5.91 Å². The molecular formula is C17H26N2O2. The van der Waals surface area contributed by atoms with E-state index in [2.05, 4.69) is 10.2 Å². The zero-order chi connectivity index (χ0) is 15.1. The molecule has 1 aliphatic heterocycles. The maximum absolute atomic E-state index is 12.1. The summed E-state index contributed by atoms with van der Waals surface area (Å²) in [4.78, 5) is 14.5. The van der Waals surface area contributed by atoms with Gasteiger partial charge in [-0.2, -0.15) is 0 Å². The summed E-state index contributed by atoms with van der Waals surface area (Å²) in [5, 5.41) is 3.07. The maximum Gasteiger partial charge on any atom is 0.251 e. The minimum atomic E-state index is 0.0421. The molecule has 4 nitrogen and oxygen atoms in total. The molecule has 0 aliphatic carbocycles. The van der Waals surface area contributed by atoms with Crippen LogP contribution < -0.4 is 5.32 Å². The number of nitrogens with zero attached hydrogens (tertiary/aromatic N) is 1. The molecule has 1 amide bonds. The molecule has 0 radical (unpaired) electrons. The molecule has 1 saturated heterocycles. The van der Waals surface area contributed by atoms with Crippen molar-refractivity contribution in [3.63, 3.8) is 0 Å². The molecule has 1 aromatic rings. The van der Waals surface area contributed by atoms with Gasteiger partial charge in [-0.3, -0.25) is 4.79 Å². The molecule has 2 rings (SSSR count). The summed E-state index contributed by atoms with van der Waals surface area (Å²) in [6, 6.07) is 7.74. The van der Waals surface area contributed by atoms with E-state index in [1.165, 1.54) is 0 Å². The minimum absolute atomic E-state index is 0.0421. The lowest BCUT2D eigenvalue weighted by atomic mass is 9.96. The number of hydrogen-bond donors (Lipinski definition) is 1. The van der Waals surface area contributed by atoms with Crippen LogP contribution in [0.15, 0.2) is 24.3 Å². The Morgan fingerprint density at radius 2 is 2.14 bits per heavy atom. The van der Waals surface area contributed by atoms with Crippen LogP contribution in [0.5, 0.6) is 0 Å². The van der Waals surface area contributed by atoms with Crippen molar-refractivity contribution in [2.75, 3.05) is 39.9 Å². The summed E-state index contributed by atoms with van der Waals surface area (Å²) in [7, 11) is 1.74. The Morgan fingerprint density at radius 1 is 1.38 bits per heavy atom. The topological polar surface area (TPSA) is 41.6 Å². The number of nitrogens with one attached hydrogen (secondary N) is 1. The average Bonchev–Trinajstić information content (AvgIpc) is 2.51. The molecule has 1 aliphatic rings. The quantitative estimate of drug-likeness (QED) is 0.872. The lowest BCUT2D eigenvalue weighted by Gasteiger charge is -2.31. The number of benzene rings is 1. The summed E-state index contributed by atoms with van der Waals surface area (Å²) >= 11 is 0. The molecule has 0 unspecified atom stereocenters. The Balaban J connectivity index is 1.71. The van der Waals surface area contributed by atoms with Gasteiger partial charge in [0.05, 0.1) is 6.61 Å². The first kappa shape index (κ1) is 16.0. The van der Waals surface area contributed by atoms with E-state index in [9.17, 15) is 4.79 Å². The van der Waals surface area contributed by atoms with E-state index in [0.29, 0.717) is 5.92 Å². The molecule has 0 bridgehead atoms. The number of carbonyl (C=O) groups is 1. The van der Waals surface area contributed by atoms with Gasteiger partial charge in [-0.1, -0.05) is 17.7 Å². The molecule has 0 spiro atoms. The van der Waals surface area contributed by atoms with Crippen LogP contribution in [0.4, 0.5) is 0 Å². The molecular weight excluding hydrogens is 264 g/mol. The summed E-state index contributed by atoms with van der Waals surface area (Å²) in [6.45, 7) is 6.81. The molecule has 21 heavy (non-hydrogen) atoms. The van der Waals surface area contributed by atoms with Crippen molar-refractivity contribution < 1.29 is 9.53 Å². The van der Waals surface area contributed by atoms with Gasteiger partial charge in [-0.05, 0) is 50.9 Å². The standard InChI is InChI=1S/C17H26N2O2/c1-14-4-3-5-16(12-14)17(20)18-13-15-6-8-19(9-7-15)10-11-21-2/h3-5,12,15H,6-11,13H2,1-2H3,(H,18,20). The first-order valence-electron chi connectivity index (χ1n) is 7.75. The van der Waals surface area contributed by atoms with Gasteiger partial charge in [0.15, 0.2) is 0 Å². The minimum Gasteiger partial charge on any atom is -0.383 e. The molecule has 0 atom stereocenters. The second kappa shape index (κ2) is 8.15. The second-order valence-corrected chi connectivity index (χ2v) is 5.86. The largest absolute Gasteiger partial charge is 0.383 e. The van der Waals surface area contributed by atoms with Crippen LogP contribution in [0.25, 0.3) is 0 Å². The molecule has 0 saturated carbocycles. The number of likely N-dealkylation sites (tertiary alicyclic amines) is 1. The molecule has 0 aromatic heterocycles. The van der Waals surface area contributed by atoms with Crippen LogP contribution in [0.2, 0.25) is 0 Å². The van der Waals surface area contributed by atoms with E-state index in [1.54, 1.807) is 7.11 Å². The molecule has 1 aromatic carbocycles. The van der Waals surface area contributed by atoms with Crippen LogP contribution >= 0.6 is 0 Å². The maximum atomic E-state index is 12.1. The molecule has 4 heteroatoms. The van der Waals surface area contributed by atoms with E-state index >= 15 is 0 Å². The van der Waals surface area contributed by atoms with Crippen molar-refractivity contribution in [3.05, 3.63) is 35.4 Å². The molecule has 1 fully saturated rings. The lowest BCUT2D eigenvalue weighted by Crippen LogP contribution is -2.39. The first-order chi connectivity index (χ1) is 10.2. The van der Waals surface area contributed by atoms with Gasteiger partial charge < -0.3 is 15.0 Å². The number of ether oxygens (including phenoxy) is 1. The highest BCUT2D eigenvalue weighted by atomic mass is 16.5. The number of methoxy groups -OCH3 is 1. The highest BCUT2D eigenvalue weighted by Gasteiger charge is 2.19. The average molecular weight is 290 g/mol. The van der Waals surface area contributed by atoms with Crippen LogP contribution in [0, 0.1) is 12.8 Å². The predicted molar refractivity (Wildman–Crippen MR) is 84.6 cm³/mol. The summed E-state index contributed by atoms with van der Waals surface area (Å²) in [5.41, 5.74) is 1.88. The number of hydrogen-bond acceptors (Lipinski definition) is 3. The first-order valence-corrected chi connectivity index (χ1v) is 7.75. The van der Waals surface area contributed by atoms with E-state index in [4.69, 9.17) is 4.74 Å². The third-order valence-electron chi connectivity index (χ3n) is 4.15. The van der Waals surface area contributed by atoms with Gasteiger partial charge in [-0.25, -0.2) is 0 Å². The molecule has 1 N–H and O–H groups in total. The normalized spacial score (nSPS) is 16.9. The zero-order valence-corrected chi connectivity index (χ0v) is 13.1. The number of amides is 1. The van der Waals surface area contributed by atoms with Gasteiger partial charge in [0.1, 0.15) is 0 Å². The van der Waals surface area contributed by atoms with Crippen molar-refractivity contribution in [1.29, 1.82) is 0 Å². The van der Waals surface area contributed by atoms with Crippen LogP contribution in [0.3, 0.4) is 0 Å². The van der Waals surface area contributed by atoms with Crippen LogP contribution in [-0.2, 0) is 4.74 Å². The van der Waals surface area contributed by atoms with E-state index < -0.39 is 0 Å². The number of aryl methyl sites for hydroxylation is 1. The molecule has 116 valence electrons. The van der Waals surface area contributed by atoms with Crippen LogP contribution in [0.1, 0.15) is 28.8 Å². The highest BCUT2D eigenvalue weighted by molar-refractivity contribution is 5.94. The van der Waals surface area contributed by atoms with Crippen LogP contribution in [-0.4, -0.2) is 50.7 Å². The van der Waals surface area contributed by atoms with Gasteiger partial charge in [-0.15, -0.1) is 0 Å². The predicted octanol–water partition coefficient (Wildman–Crippen LogP) is 2.08. The Hall–Kier alpha value is -1.39. The Kier molecular flexibility index (Phi) is 6.21. The van der Waals surface area contributed by atoms with Gasteiger partial charge in [0.2, 0.25) is 0 Å². The Labute approximate surface area is 127 Å². The van der Waals surface area contributed by atoms with E-state index in [1.807, 2.05) is 31.2 Å². The number of rotatable bonds is 6. The second-order valence-electron chi connectivity index (χ2n) is 5.86. The number of piperidine rings is 1. The Bertz CT molecular complexity index is 454. The Morgan fingerprint density at radius 3 is 2.81 bits per heavy atom. The zero-order valence-electron chi connectivity index (χ0n) is 13.1. The lowest BCUT2D eigenvalue weighted by molar-refractivity contribution is 0.0926. The third kappa shape index (κ3) is 5.14. The van der Waals surface area contributed by atoms with Crippen molar-refractivity contribution in [2.24, 2.45) is 5.92 Å². The summed E-state index contributed by atoms with van der Waals surface area (Å²) in [5.74, 6) is 0.637. The van der Waals surface area contributed by atoms with E-state index in [0.717, 1.165) is 56.8 Å². The summed E-state index contributed by atoms with van der Waals surface area (Å²) < 4.78 is 5.11. The van der Waals surface area contributed by atoms with Gasteiger partial charge >= 0.3 is 0 Å². The number of carbonyl (C=O) groups excluding carboxylic acids is 1. The fraction of sp³-hybridized carbons (Fsp3) is 0.588. The fourth-order valence-corrected chi connectivity index (χ4v) is 2.76. The SMILES string of the molecule is COCCN1CCC(CNC(=O)c2cccc(C)c2)CC1. The van der Waals surface area contributed by atoms with Crippen molar-refractivity contribution >= 4 is 5.91 Å². The highest BCUT2D eigenvalue weighted by Crippen LogP contribution is 2.16. The third-order valence-corrected chi connectivity index (χ3v) is 4.15. The van der Waals surface area contributed by atoms with Crippen molar-refractivity contribution in [3.8, 4) is 0 Å². The van der Waals surface area contributed by atoms with Crippen molar-refractivity contribution in [1.82, 2.24) is 10.2 Å². The smallest absolute Gasteiger partial charge is 0.251 e. The van der Waals surface area contributed by atoms with Gasteiger partial charge in [0.25, 0.3) is 5.91 Å². The fourth-order valence-electron chi connectivity index (χ4n) is 2.76. The van der Waals surface area contributed by atoms with Crippen molar-refractivity contribution in [2.45, 2.75) is 19.8 Å². The van der Waals surface area contributed by atoms with Gasteiger partial charge in [0, 0.05) is 25.8 Å². The molecule has 1 heterocycles. The summed E-state index contributed by atoms with van der Waals surface area (Å²) in [6.07, 6.45) is 2.30.